The minimum atomic E-state index is -0.0125. The van der Waals surface area contributed by atoms with Gasteiger partial charge in [-0.3, -0.25) is 4.79 Å². The fourth-order valence-electron chi connectivity index (χ4n) is 4.05. The summed E-state index contributed by atoms with van der Waals surface area (Å²) in [4.78, 5) is 21.6. The number of ether oxygens (including phenoxy) is 2. The van der Waals surface area contributed by atoms with Crippen LogP contribution in [0.5, 0.6) is 11.6 Å². The number of Topliss-reactive ketones (excluding diaryl/α,β-unsaturated/α-hetero) is 1. The van der Waals surface area contributed by atoms with Crippen LogP contribution < -0.4 is 9.47 Å². The third kappa shape index (κ3) is 2.93. The van der Waals surface area contributed by atoms with Crippen LogP contribution in [0.3, 0.4) is 0 Å². The van der Waals surface area contributed by atoms with Gasteiger partial charge in [-0.05, 0) is 49.9 Å². The monoisotopic (exact) mass is 404 g/mol. The second kappa shape index (κ2) is 6.86. The maximum absolute atomic E-state index is 12.0. The number of aryl methyl sites for hydroxylation is 1. The van der Waals surface area contributed by atoms with Crippen molar-refractivity contribution in [2.75, 3.05) is 14.2 Å². The van der Waals surface area contributed by atoms with Gasteiger partial charge in [-0.2, -0.15) is 4.98 Å². The van der Waals surface area contributed by atoms with Crippen LogP contribution in [0, 0.1) is 5.92 Å². The second-order valence-electron chi connectivity index (χ2n) is 7.95. The Morgan fingerprint density at radius 1 is 1.13 bits per heavy atom. The molecule has 4 aromatic rings. The number of aromatic nitrogens is 4. The van der Waals surface area contributed by atoms with Gasteiger partial charge in [0.2, 0.25) is 5.88 Å². The highest BCUT2D eigenvalue weighted by Crippen LogP contribution is 2.37. The predicted molar refractivity (Wildman–Crippen MR) is 115 cm³/mol. The molecule has 7 nitrogen and oxygen atoms in total. The van der Waals surface area contributed by atoms with Crippen molar-refractivity contribution in [2.24, 2.45) is 13.0 Å². The maximum atomic E-state index is 12.0. The molecule has 5 rings (SSSR count). The summed E-state index contributed by atoms with van der Waals surface area (Å²) < 4.78 is 15.2. The lowest BCUT2D eigenvalue weighted by molar-refractivity contribution is 0.101. The molecule has 1 fully saturated rings. The highest BCUT2D eigenvalue weighted by molar-refractivity contribution is 6.00. The van der Waals surface area contributed by atoms with E-state index in [-0.39, 0.29) is 5.78 Å². The molecule has 0 bridgehead atoms. The number of nitrogens with zero attached hydrogens (tertiary/aromatic N) is 4. The summed E-state index contributed by atoms with van der Waals surface area (Å²) in [6.45, 7) is 2.45. The van der Waals surface area contributed by atoms with Gasteiger partial charge in [0.1, 0.15) is 16.9 Å². The molecule has 0 N–H and O–H groups in total. The van der Waals surface area contributed by atoms with Crippen molar-refractivity contribution in [1.29, 1.82) is 0 Å². The zero-order chi connectivity index (χ0) is 21.0. The Morgan fingerprint density at radius 2 is 1.93 bits per heavy atom. The molecule has 3 aromatic heterocycles. The van der Waals surface area contributed by atoms with Crippen molar-refractivity contribution >= 4 is 27.9 Å². The third-order valence-corrected chi connectivity index (χ3v) is 5.86. The summed E-state index contributed by atoms with van der Waals surface area (Å²) in [6.07, 6.45) is 2.48. The summed E-state index contributed by atoms with van der Waals surface area (Å²) in [6, 6.07) is 9.65. The summed E-state index contributed by atoms with van der Waals surface area (Å²) in [7, 11) is 5.23. The van der Waals surface area contributed by atoms with E-state index in [1.54, 1.807) is 27.2 Å². The lowest BCUT2D eigenvalue weighted by Gasteiger charge is -2.11. The van der Waals surface area contributed by atoms with Gasteiger partial charge in [0.05, 0.1) is 25.4 Å². The zero-order valence-corrected chi connectivity index (χ0v) is 17.6. The number of hydrogen-bond acceptors (Lipinski definition) is 5. The Kier molecular flexibility index (Phi) is 4.27. The highest BCUT2D eigenvalue weighted by atomic mass is 16.5. The van der Waals surface area contributed by atoms with Crippen LogP contribution in [0.25, 0.3) is 33.6 Å². The van der Waals surface area contributed by atoms with Gasteiger partial charge in [-0.15, -0.1) is 0 Å². The van der Waals surface area contributed by atoms with E-state index in [1.165, 1.54) is 12.8 Å². The van der Waals surface area contributed by atoms with Crippen LogP contribution in [0.1, 0.15) is 30.1 Å². The minimum absolute atomic E-state index is 0.0125. The maximum Gasteiger partial charge on any atom is 0.214 e. The Labute approximate surface area is 174 Å². The van der Waals surface area contributed by atoms with Crippen molar-refractivity contribution in [3.8, 4) is 23.1 Å². The van der Waals surface area contributed by atoms with Crippen molar-refractivity contribution in [3.05, 3.63) is 35.9 Å². The van der Waals surface area contributed by atoms with Gasteiger partial charge in [0.25, 0.3) is 0 Å². The smallest absolute Gasteiger partial charge is 0.214 e. The van der Waals surface area contributed by atoms with Crippen molar-refractivity contribution in [3.63, 3.8) is 0 Å². The molecule has 1 aromatic carbocycles. The van der Waals surface area contributed by atoms with Crippen LogP contribution in [0.4, 0.5) is 0 Å². The Balaban J connectivity index is 1.77. The Bertz CT molecular complexity index is 1300. The normalized spacial score (nSPS) is 13.9. The molecule has 0 aliphatic heterocycles. The number of fused-ring (bicyclic) bond motifs is 2. The van der Waals surface area contributed by atoms with E-state index in [4.69, 9.17) is 19.4 Å². The SMILES string of the molecule is COc1ccc2cc(-c3nc4cc(C(C)=O)cc(OC)c4n3C)n(CC3CC3)c2n1. The lowest BCUT2D eigenvalue weighted by atomic mass is 10.1. The molecule has 0 radical (unpaired) electrons. The first-order valence-corrected chi connectivity index (χ1v) is 10.1. The quantitative estimate of drug-likeness (QED) is 0.450. The minimum Gasteiger partial charge on any atom is -0.494 e. The first kappa shape index (κ1) is 18.7. The Hall–Kier alpha value is -3.35. The average Bonchev–Trinajstić information content (AvgIpc) is 3.42. The summed E-state index contributed by atoms with van der Waals surface area (Å²) in [5.74, 6) is 2.72. The van der Waals surface area contributed by atoms with Crippen molar-refractivity contribution in [2.45, 2.75) is 26.3 Å². The number of imidazole rings is 1. The van der Waals surface area contributed by atoms with E-state index in [9.17, 15) is 4.79 Å². The fourth-order valence-corrected chi connectivity index (χ4v) is 4.05. The first-order valence-electron chi connectivity index (χ1n) is 10.1. The van der Waals surface area contributed by atoms with Crippen molar-refractivity contribution in [1.82, 2.24) is 19.1 Å². The number of ketones is 1. The van der Waals surface area contributed by atoms with E-state index in [1.807, 2.05) is 29.8 Å². The molecule has 3 heterocycles. The molecule has 0 atom stereocenters. The van der Waals surface area contributed by atoms with Gasteiger partial charge in [0, 0.05) is 30.6 Å². The van der Waals surface area contributed by atoms with Crippen molar-refractivity contribution < 1.29 is 14.3 Å². The molecular weight excluding hydrogens is 380 g/mol. The topological polar surface area (TPSA) is 71.2 Å². The van der Waals surface area contributed by atoms with Crippen LogP contribution in [-0.4, -0.2) is 39.1 Å². The molecule has 0 saturated heterocycles. The van der Waals surface area contributed by atoms with Gasteiger partial charge in [0.15, 0.2) is 11.6 Å². The molecule has 154 valence electrons. The number of carbonyl (C=O) groups excluding carboxylic acids is 1. The van der Waals surface area contributed by atoms with Crippen LogP contribution in [0.15, 0.2) is 30.3 Å². The summed E-state index contributed by atoms with van der Waals surface area (Å²) >= 11 is 0. The van der Waals surface area contributed by atoms with Crippen LogP contribution in [0.2, 0.25) is 0 Å². The predicted octanol–water partition coefficient (Wildman–Crippen LogP) is 4.22. The lowest BCUT2D eigenvalue weighted by Crippen LogP contribution is -2.06. The van der Waals surface area contributed by atoms with E-state index in [0.29, 0.717) is 23.1 Å². The van der Waals surface area contributed by atoms with Crippen LogP contribution in [-0.2, 0) is 13.6 Å². The zero-order valence-electron chi connectivity index (χ0n) is 17.6. The largest absolute Gasteiger partial charge is 0.494 e. The van der Waals surface area contributed by atoms with E-state index < -0.39 is 0 Å². The van der Waals surface area contributed by atoms with Gasteiger partial charge < -0.3 is 18.6 Å². The summed E-state index contributed by atoms with van der Waals surface area (Å²) in [5, 5.41) is 1.05. The van der Waals surface area contributed by atoms with Gasteiger partial charge >= 0.3 is 0 Å². The van der Waals surface area contributed by atoms with E-state index in [0.717, 1.165) is 40.1 Å². The van der Waals surface area contributed by atoms with E-state index in [2.05, 4.69) is 10.6 Å². The number of hydrogen-bond donors (Lipinski definition) is 0. The average molecular weight is 404 g/mol. The fraction of sp³-hybridized carbons (Fsp3) is 0.348. The molecular formula is C23H24N4O3. The molecule has 0 spiro atoms. The first-order chi connectivity index (χ1) is 14.5. The molecule has 7 heteroatoms. The molecule has 1 saturated carbocycles. The number of carbonyl (C=O) groups is 1. The molecule has 0 unspecified atom stereocenters. The molecule has 1 aliphatic rings. The Morgan fingerprint density at radius 3 is 2.60 bits per heavy atom. The third-order valence-electron chi connectivity index (χ3n) is 5.86. The van der Waals surface area contributed by atoms with Gasteiger partial charge in [-0.1, -0.05) is 0 Å². The molecule has 1 aliphatic carbocycles. The van der Waals surface area contributed by atoms with Crippen LogP contribution >= 0.6 is 0 Å². The second-order valence-corrected chi connectivity index (χ2v) is 7.95. The number of benzene rings is 1. The summed E-state index contributed by atoms with van der Waals surface area (Å²) in [5.41, 5.74) is 4.11. The molecule has 0 amide bonds. The standard InChI is InChI=1S/C23H24N4O3/c1-13(28)16-9-17-21(19(11-16)29-3)26(2)23(24-17)18-10-15-7-8-20(30-4)25-22(15)27(18)12-14-5-6-14/h7-11,14H,5-6,12H2,1-4H3. The van der Waals surface area contributed by atoms with Gasteiger partial charge in [-0.25, -0.2) is 4.98 Å². The van der Waals surface area contributed by atoms with E-state index >= 15 is 0 Å². The number of rotatable bonds is 6. The number of methoxy groups -OCH3 is 2. The molecule has 30 heavy (non-hydrogen) atoms. The number of pyridine rings is 1. The highest BCUT2D eigenvalue weighted by Gasteiger charge is 2.26.